The maximum Gasteiger partial charge on any atom is 0.257 e. The largest absolute Gasteiger partial charge is 0.340 e. The highest BCUT2D eigenvalue weighted by atomic mass is 35.5. The van der Waals surface area contributed by atoms with E-state index in [0.717, 1.165) is 11.3 Å². The normalized spacial score (nSPS) is 10.2. The Morgan fingerprint density at radius 3 is 2.36 bits per heavy atom. The number of halogens is 1. The maximum absolute atomic E-state index is 12.4. The second kappa shape index (κ2) is 8.54. The molecule has 0 radical (unpaired) electrons. The summed E-state index contributed by atoms with van der Waals surface area (Å²) >= 11 is 6.08. The first kappa shape index (κ1) is 19.4. The van der Waals surface area contributed by atoms with E-state index in [1.165, 1.54) is 13.1 Å². The van der Waals surface area contributed by atoms with Crippen LogP contribution in [0.4, 0.5) is 22.9 Å². The number of pyridine rings is 1. The molecular weight excluding hydrogens is 376 g/mol. The molecule has 3 aromatic rings. The summed E-state index contributed by atoms with van der Waals surface area (Å²) in [7, 11) is 0. The van der Waals surface area contributed by atoms with Gasteiger partial charge in [0, 0.05) is 35.2 Å². The van der Waals surface area contributed by atoms with Gasteiger partial charge >= 0.3 is 0 Å². The third kappa shape index (κ3) is 5.08. The molecule has 142 valence electrons. The average Bonchev–Trinajstić information content (AvgIpc) is 2.65. The molecule has 0 aliphatic rings. The third-order valence-corrected chi connectivity index (χ3v) is 4.32. The number of benzene rings is 2. The van der Waals surface area contributed by atoms with Crippen molar-refractivity contribution in [1.82, 2.24) is 4.98 Å². The number of rotatable bonds is 5. The number of amides is 2. The summed E-state index contributed by atoms with van der Waals surface area (Å²) in [5.41, 5.74) is 3.45. The lowest BCUT2D eigenvalue weighted by molar-refractivity contribution is -0.114. The molecule has 0 saturated heterocycles. The number of nitrogens with zero attached hydrogens (tertiary/aromatic N) is 1. The van der Waals surface area contributed by atoms with Gasteiger partial charge in [-0.1, -0.05) is 23.7 Å². The predicted octanol–water partition coefficient (Wildman–Crippen LogP) is 5.00. The minimum atomic E-state index is -0.272. The van der Waals surface area contributed by atoms with Gasteiger partial charge in [0.05, 0.1) is 5.56 Å². The van der Waals surface area contributed by atoms with Crippen LogP contribution in [0.25, 0.3) is 0 Å². The van der Waals surface area contributed by atoms with Crippen molar-refractivity contribution in [3.63, 3.8) is 0 Å². The van der Waals surface area contributed by atoms with E-state index in [1.54, 1.807) is 36.4 Å². The SMILES string of the molecule is CC(=O)Nc1cccc(Nc2ccc(C(=O)Nc3ccc(C)c(Cl)c3)cn2)c1. The molecule has 3 N–H and O–H groups in total. The van der Waals surface area contributed by atoms with E-state index in [0.29, 0.717) is 27.8 Å². The van der Waals surface area contributed by atoms with Crippen LogP contribution in [-0.4, -0.2) is 16.8 Å². The smallest absolute Gasteiger partial charge is 0.257 e. The van der Waals surface area contributed by atoms with Crippen molar-refractivity contribution in [1.29, 1.82) is 0 Å². The first-order chi connectivity index (χ1) is 13.4. The third-order valence-electron chi connectivity index (χ3n) is 3.91. The zero-order chi connectivity index (χ0) is 20.1. The highest BCUT2D eigenvalue weighted by Gasteiger charge is 2.08. The number of hydrogen-bond acceptors (Lipinski definition) is 4. The Morgan fingerprint density at radius 1 is 0.929 bits per heavy atom. The number of carbonyl (C=O) groups excluding carboxylic acids is 2. The minimum Gasteiger partial charge on any atom is -0.340 e. The zero-order valence-corrected chi connectivity index (χ0v) is 16.2. The fourth-order valence-electron chi connectivity index (χ4n) is 2.50. The van der Waals surface area contributed by atoms with Gasteiger partial charge in [0.25, 0.3) is 5.91 Å². The summed E-state index contributed by atoms with van der Waals surface area (Å²) in [6.07, 6.45) is 1.49. The first-order valence-corrected chi connectivity index (χ1v) is 8.97. The lowest BCUT2D eigenvalue weighted by Crippen LogP contribution is -2.12. The van der Waals surface area contributed by atoms with Gasteiger partial charge in [-0.05, 0) is 55.0 Å². The number of nitrogens with one attached hydrogen (secondary N) is 3. The molecule has 0 fully saturated rings. The van der Waals surface area contributed by atoms with Crippen LogP contribution < -0.4 is 16.0 Å². The van der Waals surface area contributed by atoms with Gasteiger partial charge in [0.15, 0.2) is 0 Å². The average molecular weight is 395 g/mol. The Bertz CT molecular complexity index is 1020. The van der Waals surface area contributed by atoms with Gasteiger partial charge in [-0.3, -0.25) is 9.59 Å². The molecule has 0 bridgehead atoms. The molecule has 1 heterocycles. The van der Waals surface area contributed by atoms with Crippen LogP contribution >= 0.6 is 11.6 Å². The van der Waals surface area contributed by atoms with Crippen LogP contribution in [0.3, 0.4) is 0 Å². The molecular formula is C21H19ClN4O2. The van der Waals surface area contributed by atoms with Crippen LogP contribution in [-0.2, 0) is 4.79 Å². The van der Waals surface area contributed by atoms with Crippen LogP contribution in [0, 0.1) is 6.92 Å². The lowest BCUT2D eigenvalue weighted by Gasteiger charge is -2.09. The fraction of sp³-hybridized carbons (Fsp3) is 0.0952. The highest BCUT2D eigenvalue weighted by Crippen LogP contribution is 2.21. The van der Waals surface area contributed by atoms with E-state index in [9.17, 15) is 9.59 Å². The molecule has 1 aromatic heterocycles. The topological polar surface area (TPSA) is 83.1 Å². The molecule has 0 aliphatic heterocycles. The van der Waals surface area contributed by atoms with Crippen molar-refractivity contribution in [3.8, 4) is 0 Å². The van der Waals surface area contributed by atoms with Crippen LogP contribution in [0.2, 0.25) is 5.02 Å². The first-order valence-electron chi connectivity index (χ1n) is 8.59. The van der Waals surface area contributed by atoms with Gasteiger partial charge in [-0.25, -0.2) is 4.98 Å². The minimum absolute atomic E-state index is 0.138. The number of hydrogen-bond donors (Lipinski definition) is 3. The predicted molar refractivity (Wildman–Crippen MR) is 112 cm³/mol. The summed E-state index contributed by atoms with van der Waals surface area (Å²) in [5, 5.41) is 9.25. The lowest BCUT2D eigenvalue weighted by atomic mass is 10.2. The van der Waals surface area contributed by atoms with E-state index in [2.05, 4.69) is 20.9 Å². The quantitative estimate of drug-likeness (QED) is 0.568. The van der Waals surface area contributed by atoms with Crippen molar-refractivity contribution in [2.45, 2.75) is 13.8 Å². The van der Waals surface area contributed by atoms with Crippen molar-refractivity contribution < 1.29 is 9.59 Å². The number of aromatic nitrogens is 1. The van der Waals surface area contributed by atoms with Gasteiger partial charge in [-0.2, -0.15) is 0 Å². The Hall–Kier alpha value is -3.38. The molecule has 7 heteroatoms. The monoisotopic (exact) mass is 394 g/mol. The van der Waals surface area contributed by atoms with E-state index in [1.807, 2.05) is 25.1 Å². The summed E-state index contributed by atoms with van der Waals surface area (Å²) in [6, 6.07) is 16.0. The number of carbonyl (C=O) groups is 2. The van der Waals surface area contributed by atoms with Crippen LogP contribution in [0.5, 0.6) is 0 Å². The van der Waals surface area contributed by atoms with Crippen molar-refractivity contribution in [2.24, 2.45) is 0 Å². The van der Waals surface area contributed by atoms with E-state index >= 15 is 0 Å². The Kier molecular flexibility index (Phi) is 5.91. The molecule has 3 rings (SSSR count). The molecule has 0 aliphatic carbocycles. The highest BCUT2D eigenvalue weighted by molar-refractivity contribution is 6.31. The molecule has 6 nitrogen and oxygen atoms in total. The molecule has 2 amide bonds. The van der Waals surface area contributed by atoms with E-state index < -0.39 is 0 Å². The van der Waals surface area contributed by atoms with E-state index in [-0.39, 0.29) is 11.8 Å². The van der Waals surface area contributed by atoms with Gasteiger partial charge in [0.1, 0.15) is 5.82 Å². The molecule has 2 aromatic carbocycles. The summed E-state index contributed by atoms with van der Waals surface area (Å²) in [6.45, 7) is 3.35. The van der Waals surface area contributed by atoms with Crippen LogP contribution in [0.15, 0.2) is 60.8 Å². The second-order valence-corrected chi connectivity index (χ2v) is 6.64. The van der Waals surface area contributed by atoms with E-state index in [4.69, 9.17) is 11.6 Å². The molecule has 0 saturated carbocycles. The number of anilines is 4. The van der Waals surface area contributed by atoms with Gasteiger partial charge in [-0.15, -0.1) is 0 Å². The number of aryl methyl sites for hydroxylation is 1. The van der Waals surface area contributed by atoms with Crippen molar-refractivity contribution in [2.75, 3.05) is 16.0 Å². The van der Waals surface area contributed by atoms with Crippen LogP contribution in [0.1, 0.15) is 22.8 Å². The Morgan fingerprint density at radius 2 is 1.68 bits per heavy atom. The van der Waals surface area contributed by atoms with Crippen molar-refractivity contribution >= 4 is 46.3 Å². The Balaban J connectivity index is 1.66. The van der Waals surface area contributed by atoms with Gasteiger partial charge < -0.3 is 16.0 Å². The summed E-state index contributed by atoms with van der Waals surface area (Å²) < 4.78 is 0. The summed E-state index contributed by atoms with van der Waals surface area (Å²) in [5.74, 6) is 0.169. The second-order valence-electron chi connectivity index (χ2n) is 6.24. The van der Waals surface area contributed by atoms with Crippen molar-refractivity contribution in [3.05, 3.63) is 76.9 Å². The van der Waals surface area contributed by atoms with Gasteiger partial charge in [0.2, 0.25) is 5.91 Å². The fourth-order valence-corrected chi connectivity index (χ4v) is 2.68. The standard InChI is InChI=1S/C21H19ClN4O2/c1-13-6-8-18(11-19(13)22)26-21(28)15-7-9-20(23-12-15)25-17-5-3-4-16(10-17)24-14(2)27/h3-12H,1-2H3,(H,23,25)(H,24,27)(H,26,28). The molecule has 0 spiro atoms. The Labute approximate surface area is 168 Å². The molecule has 0 atom stereocenters. The zero-order valence-electron chi connectivity index (χ0n) is 15.4. The maximum atomic E-state index is 12.4. The summed E-state index contributed by atoms with van der Waals surface area (Å²) in [4.78, 5) is 27.8. The molecule has 0 unspecified atom stereocenters. The molecule has 28 heavy (non-hydrogen) atoms.